The molecule has 0 aliphatic rings. The van der Waals surface area contributed by atoms with E-state index in [9.17, 15) is 9.59 Å². The number of hydrogen-bond acceptors (Lipinski definition) is 4. The molecule has 3 rings (SSSR count). The van der Waals surface area contributed by atoms with E-state index in [4.69, 9.17) is 16.0 Å². The summed E-state index contributed by atoms with van der Waals surface area (Å²) in [6, 6.07) is 17.4. The highest BCUT2D eigenvalue weighted by atomic mass is 35.5. The number of Topliss-reactive ketones (excluding diaryl/α,β-unsaturated/α-hetero) is 1. The molecular formula is C19H14ClNO3S. The van der Waals surface area contributed by atoms with Gasteiger partial charge in [-0.05, 0) is 60.7 Å². The van der Waals surface area contributed by atoms with Crippen molar-refractivity contribution in [3.63, 3.8) is 0 Å². The van der Waals surface area contributed by atoms with E-state index in [1.165, 1.54) is 18.0 Å². The van der Waals surface area contributed by atoms with Gasteiger partial charge in [-0.15, -0.1) is 11.8 Å². The third-order valence-electron chi connectivity index (χ3n) is 3.39. The van der Waals surface area contributed by atoms with Crippen molar-refractivity contribution in [2.45, 2.75) is 4.90 Å². The van der Waals surface area contributed by atoms with E-state index in [1.54, 1.807) is 48.5 Å². The van der Waals surface area contributed by atoms with Crippen LogP contribution < -0.4 is 5.32 Å². The Hall–Kier alpha value is -2.50. The van der Waals surface area contributed by atoms with E-state index in [1.807, 2.05) is 12.1 Å². The summed E-state index contributed by atoms with van der Waals surface area (Å²) in [5.41, 5.74) is 1.30. The Balaban J connectivity index is 1.54. The first-order valence-corrected chi connectivity index (χ1v) is 8.85. The van der Waals surface area contributed by atoms with Crippen molar-refractivity contribution in [2.75, 3.05) is 11.1 Å². The number of carbonyl (C=O) groups is 2. The van der Waals surface area contributed by atoms with Crippen LogP contribution >= 0.6 is 23.4 Å². The Morgan fingerprint density at radius 3 is 2.36 bits per heavy atom. The molecule has 1 amide bonds. The van der Waals surface area contributed by atoms with E-state index >= 15 is 0 Å². The summed E-state index contributed by atoms with van der Waals surface area (Å²) in [7, 11) is 0. The number of halogens is 1. The quantitative estimate of drug-likeness (QED) is 0.480. The predicted octanol–water partition coefficient (Wildman–Crippen LogP) is 5.16. The van der Waals surface area contributed by atoms with Gasteiger partial charge in [-0.3, -0.25) is 9.59 Å². The summed E-state index contributed by atoms with van der Waals surface area (Å²) in [6.45, 7) is 0. The molecule has 0 spiro atoms. The fourth-order valence-corrected chi connectivity index (χ4v) is 3.02. The summed E-state index contributed by atoms with van der Waals surface area (Å²) < 4.78 is 5.04. The fraction of sp³-hybridized carbons (Fsp3) is 0.0526. The first-order valence-electron chi connectivity index (χ1n) is 7.48. The van der Waals surface area contributed by atoms with Gasteiger partial charge in [0.25, 0.3) is 5.91 Å². The molecule has 1 heterocycles. The molecule has 0 atom stereocenters. The first kappa shape index (κ1) is 17.3. The van der Waals surface area contributed by atoms with Crippen LogP contribution in [0.4, 0.5) is 5.69 Å². The highest BCUT2D eigenvalue weighted by Gasteiger charge is 2.09. The van der Waals surface area contributed by atoms with Gasteiger partial charge in [0.15, 0.2) is 11.5 Å². The van der Waals surface area contributed by atoms with Gasteiger partial charge in [-0.1, -0.05) is 11.6 Å². The number of amides is 1. The van der Waals surface area contributed by atoms with Crippen molar-refractivity contribution in [1.82, 2.24) is 0 Å². The average Bonchev–Trinajstić information content (AvgIpc) is 3.16. The van der Waals surface area contributed by atoms with Gasteiger partial charge in [0.05, 0.1) is 12.0 Å². The number of furan rings is 1. The van der Waals surface area contributed by atoms with Crippen LogP contribution in [-0.4, -0.2) is 17.4 Å². The summed E-state index contributed by atoms with van der Waals surface area (Å²) in [5, 5.41) is 3.35. The smallest absolute Gasteiger partial charge is 0.291 e. The number of nitrogens with one attached hydrogen (secondary N) is 1. The largest absolute Gasteiger partial charge is 0.459 e. The van der Waals surface area contributed by atoms with Crippen LogP contribution in [0.2, 0.25) is 5.02 Å². The third kappa shape index (κ3) is 4.75. The average molecular weight is 372 g/mol. The zero-order chi connectivity index (χ0) is 17.6. The van der Waals surface area contributed by atoms with E-state index in [-0.39, 0.29) is 17.5 Å². The normalized spacial score (nSPS) is 10.4. The number of thioether (sulfide) groups is 1. The second-order valence-electron chi connectivity index (χ2n) is 5.17. The number of benzene rings is 2. The number of carbonyl (C=O) groups excluding carboxylic acids is 2. The molecule has 0 aliphatic heterocycles. The monoisotopic (exact) mass is 371 g/mol. The maximum atomic E-state index is 12.1. The zero-order valence-electron chi connectivity index (χ0n) is 13.1. The topological polar surface area (TPSA) is 59.3 Å². The molecule has 0 saturated heterocycles. The van der Waals surface area contributed by atoms with Gasteiger partial charge in [0.2, 0.25) is 0 Å². The molecule has 4 nitrogen and oxygen atoms in total. The molecule has 25 heavy (non-hydrogen) atoms. The Labute approximate surface area is 154 Å². The Morgan fingerprint density at radius 1 is 1.00 bits per heavy atom. The lowest BCUT2D eigenvalue weighted by Gasteiger charge is -2.05. The lowest BCUT2D eigenvalue weighted by Crippen LogP contribution is -2.10. The Bertz CT molecular complexity index is 859. The van der Waals surface area contributed by atoms with Crippen LogP contribution in [0.15, 0.2) is 76.2 Å². The first-order chi connectivity index (χ1) is 12.1. The van der Waals surface area contributed by atoms with Crippen molar-refractivity contribution < 1.29 is 14.0 Å². The predicted molar refractivity (Wildman–Crippen MR) is 99.6 cm³/mol. The van der Waals surface area contributed by atoms with Gasteiger partial charge in [0.1, 0.15) is 0 Å². The zero-order valence-corrected chi connectivity index (χ0v) is 14.6. The molecule has 126 valence electrons. The molecule has 0 bridgehead atoms. The Kier molecular flexibility index (Phi) is 5.58. The van der Waals surface area contributed by atoms with Crippen LogP contribution in [0.25, 0.3) is 0 Å². The van der Waals surface area contributed by atoms with Gasteiger partial charge >= 0.3 is 0 Å². The molecule has 0 saturated carbocycles. The SMILES string of the molecule is O=C(CSc1ccc(NC(=O)c2ccco2)cc1)c1ccc(Cl)cc1. The molecule has 1 N–H and O–H groups in total. The molecular weight excluding hydrogens is 358 g/mol. The second-order valence-corrected chi connectivity index (χ2v) is 6.66. The van der Waals surface area contributed by atoms with Crippen LogP contribution in [-0.2, 0) is 0 Å². The van der Waals surface area contributed by atoms with Crippen LogP contribution in [0.5, 0.6) is 0 Å². The minimum atomic E-state index is -0.302. The number of rotatable bonds is 6. The van der Waals surface area contributed by atoms with E-state index in [0.717, 1.165) is 4.90 Å². The summed E-state index contributed by atoms with van der Waals surface area (Å²) in [5.74, 6) is 0.326. The molecule has 3 aromatic rings. The maximum Gasteiger partial charge on any atom is 0.291 e. The van der Waals surface area contributed by atoms with Crippen molar-refractivity contribution in [2.24, 2.45) is 0 Å². The summed E-state index contributed by atoms with van der Waals surface area (Å²) in [6.07, 6.45) is 1.45. The standard InChI is InChI=1S/C19H14ClNO3S/c20-14-5-3-13(4-6-14)17(22)12-25-16-9-7-15(8-10-16)21-19(23)18-2-1-11-24-18/h1-11H,12H2,(H,21,23). The Morgan fingerprint density at radius 2 is 1.72 bits per heavy atom. The molecule has 2 aromatic carbocycles. The number of anilines is 1. The second kappa shape index (κ2) is 8.05. The lowest BCUT2D eigenvalue weighted by molar-refractivity contribution is 0.0994. The van der Waals surface area contributed by atoms with Crippen LogP contribution in [0, 0.1) is 0 Å². The van der Waals surface area contributed by atoms with Crippen molar-refractivity contribution in [3.8, 4) is 0 Å². The third-order valence-corrected chi connectivity index (χ3v) is 4.66. The molecule has 1 aromatic heterocycles. The minimum Gasteiger partial charge on any atom is -0.459 e. The molecule has 0 unspecified atom stereocenters. The van der Waals surface area contributed by atoms with Crippen molar-refractivity contribution in [3.05, 3.63) is 83.3 Å². The molecule has 6 heteroatoms. The highest BCUT2D eigenvalue weighted by molar-refractivity contribution is 8.00. The van der Waals surface area contributed by atoms with E-state index in [2.05, 4.69) is 5.32 Å². The van der Waals surface area contributed by atoms with Crippen molar-refractivity contribution in [1.29, 1.82) is 0 Å². The summed E-state index contributed by atoms with van der Waals surface area (Å²) in [4.78, 5) is 25.0. The fourth-order valence-electron chi connectivity index (χ4n) is 2.10. The molecule has 0 aliphatic carbocycles. The minimum absolute atomic E-state index is 0.0388. The number of ketones is 1. The van der Waals surface area contributed by atoms with Crippen LogP contribution in [0.3, 0.4) is 0 Å². The van der Waals surface area contributed by atoms with Gasteiger partial charge < -0.3 is 9.73 Å². The van der Waals surface area contributed by atoms with Crippen LogP contribution in [0.1, 0.15) is 20.9 Å². The van der Waals surface area contributed by atoms with E-state index in [0.29, 0.717) is 22.0 Å². The highest BCUT2D eigenvalue weighted by Crippen LogP contribution is 2.22. The maximum absolute atomic E-state index is 12.1. The van der Waals surface area contributed by atoms with Gasteiger partial charge in [-0.25, -0.2) is 0 Å². The summed E-state index contributed by atoms with van der Waals surface area (Å²) >= 11 is 7.26. The van der Waals surface area contributed by atoms with Gasteiger partial charge in [-0.2, -0.15) is 0 Å². The number of hydrogen-bond donors (Lipinski definition) is 1. The van der Waals surface area contributed by atoms with Crippen molar-refractivity contribution >= 4 is 40.7 Å². The van der Waals surface area contributed by atoms with E-state index < -0.39 is 0 Å². The lowest BCUT2D eigenvalue weighted by atomic mass is 10.1. The molecule has 0 fully saturated rings. The molecule has 0 radical (unpaired) electrons. The van der Waals surface area contributed by atoms with Gasteiger partial charge in [0, 0.05) is 21.2 Å².